The molecular formula is C48H89NO3. The molecule has 4 saturated carbocycles. The molecule has 1 amide bonds. The number of hydrogen-bond donors (Lipinski definition) is 3. The van der Waals surface area contributed by atoms with E-state index in [9.17, 15) is 15.0 Å². The fourth-order valence-corrected chi connectivity index (χ4v) is 13.0. The molecule has 0 heterocycles. The van der Waals surface area contributed by atoms with Gasteiger partial charge in [0, 0.05) is 13.0 Å². The fourth-order valence-electron chi connectivity index (χ4n) is 13.0. The molecule has 0 spiro atoms. The van der Waals surface area contributed by atoms with Gasteiger partial charge in [0.05, 0.1) is 12.2 Å². The summed E-state index contributed by atoms with van der Waals surface area (Å²) < 4.78 is 0. The summed E-state index contributed by atoms with van der Waals surface area (Å²) in [6.07, 6.45) is 37.5. The molecule has 11 unspecified atom stereocenters. The van der Waals surface area contributed by atoms with Crippen LogP contribution in [0.25, 0.3) is 0 Å². The molecule has 304 valence electrons. The van der Waals surface area contributed by atoms with Crippen LogP contribution in [0.2, 0.25) is 0 Å². The maximum Gasteiger partial charge on any atom is 0.220 e. The van der Waals surface area contributed by atoms with Crippen LogP contribution in [0, 0.1) is 52.3 Å². The molecule has 0 radical (unpaired) electrons. The molecule has 4 nitrogen and oxygen atoms in total. The molecule has 0 aromatic rings. The number of hydrogen-bond acceptors (Lipinski definition) is 3. The lowest BCUT2D eigenvalue weighted by atomic mass is 9.44. The van der Waals surface area contributed by atoms with E-state index >= 15 is 0 Å². The zero-order valence-corrected chi connectivity index (χ0v) is 35.4. The molecule has 0 aromatic heterocycles. The molecule has 0 bridgehead atoms. The van der Waals surface area contributed by atoms with Crippen molar-refractivity contribution in [2.45, 2.75) is 239 Å². The Morgan fingerprint density at radius 1 is 0.635 bits per heavy atom. The highest BCUT2D eigenvalue weighted by atomic mass is 16.3. The summed E-state index contributed by atoms with van der Waals surface area (Å²) in [5.74, 6) is 4.48. The SMILES string of the molecule is CCCCCCCCCCCCC(CCCCCCCCCC)CNC(=O)CCC(C)C1CCC2C3CC(O)C4CC(O)CCC4(C)C3CCC12C. The third kappa shape index (κ3) is 12.4. The van der Waals surface area contributed by atoms with E-state index in [4.69, 9.17) is 0 Å². The predicted octanol–water partition coefficient (Wildman–Crippen LogP) is 13.0. The second-order valence-corrected chi connectivity index (χ2v) is 19.9. The van der Waals surface area contributed by atoms with Crippen molar-refractivity contribution < 1.29 is 15.0 Å². The number of carbonyl (C=O) groups is 1. The molecule has 4 fully saturated rings. The standard InChI is InChI=1S/C48H89NO3/c1-6-8-10-12-14-16-17-19-21-23-25-38(24-22-20-18-15-13-11-9-7-2)36-49-46(52)29-26-37(3)41-27-28-42-40-35-45(51)44-34-39(50)30-32-48(44,5)43(40)31-33-47(41,42)4/h37-45,50-51H,6-36H2,1-5H3,(H,49,52). The van der Waals surface area contributed by atoms with Crippen molar-refractivity contribution in [2.75, 3.05) is 6.54 Å². The first kappa shape index (κ1) is 44.1. The Kier molecular flexibility index (Phi) is 19.4. The van der Waals surface area contributed by atoms with Gasteiger partial charge in [-0.25, -0.2) is 0 Å². The Hall–Kier alpha value is -0.610. The van der Waals surface area contributed by atoms with E-state index in [0.29, 0.717) is 47.3 Å². The van der Waals surface area contributed by atoms with E-state index in [1.807, 2.05) is 0 Å². The topological polar surface area (TPSA) is 69.6 Å². The number of unbranched alkanes of at least 4 members (excludes halogenated alkanes) is 16. The zero-order valence-electron chi connectivity index (χ0n) is 35.4. The minimum Gasteiger partial charge on any atom is -0.393 e. The molecule has 4 rings (SSSR count). The summed E-state index contributed by atoms with van der Waals surface area (Å²) in [4.78, 5) is 13.3. The highest BCUT2D eigenvalue weighted by Crippen LogP contribution is 2.68. The van der Waals surface area contributed by atoms with Gasteiger partial charge in [0.25, 0.3) is 0 Å². The molecule has 0 aliphatic heterocycles. The van der Waals surface area contributed by atoms with Crippen LogP contribution >= 0.6 is 0 Å². The van der Waals surface area contributed by atoms with Crippen molar-refractivity contribution in [1.29, 1.82) is 0 Å². The molecule has 52 heavy (non-hydrogen) atoms. The minimum absolute atomic E-state index is 0.185. The highest BCUT2D eigenvalue weighted by molar-refractivity contribution is 5.75. The van der Waals surface area contributed by atoms with Crippen molar-refractivity contribution in [1.82, 2.24) is 5.32 Å². The van der Waals surface area contributed by atoms with Crippen LogP contribution in [0.1, 0.15) is 227 Å². The summed E-state index contributed by atoms with van der Waals surface area (Å²) in [7, 11) is 0. The van der Waals surface area contributed by atoms with E-state index in [0.717, 1.165) is 38.6 Å². The zero-order chi connectivity index (χ0) is 37.4. The largest absolute Gasteiger partial charge is 0.393 e. The van der Waals surface area contributed by atoms with Crippen LogP contribution in [-0.4, -0.2) is 34.9 Å². The number of aliphatic hydroxyl groups excluding tert-OH is 2. The number of carbonyl (C=O) groups excluding carboxylic acids is 1. The van der Waals surface area contributed by atoms with E-state index in [1.54, 1.807) is 0 Å². The smallest absolute Gasteiger partial charge is 0.220 e. The quantitative estimate of drug-likeness (QED) is 0.0777. The Labute approximate surface area is 323 Å². The average molecular weight is 728 g/mol. The lowest BCUT2D eigenvalue weighted by molar-refractivity contribution is -0.172. The van der Waals surface area contributed by atoms with Crippen LogP contribution in [0.5, 0.6) is 0 Å². The summed E-state index contributed by atoms with van der Waals surface area (Å²) in [6, 6.07) is 0. The summed E-state index contributed by atoms with van der Waals surface area (Å²) in [6.45, 7) is 13.0. The normalized spacial score (nSPS) is 33.9. The van der Waals surface area contributed by atoms with Gasteiger partial charge >= 0.3 is 0 Å². The van der Waals surface area contributed by atoms with Crippen LogP contribution in [-0.2, 0) is 4.79 Å². The summed E-state index contributed by atoms with van der Waals surface area (Å²) >= 11 is 0. The third-order valence-electron chi connectivity index (χ3n) is 16.3. The molecule has 0 aromatic carbocycles. The number of amides is 1. The average Bonchev–Trinajstić information content (AvgIpc) is 3.49. The Morgan fingerprint density at radius 3 is 1.73 bits per heavy atom. The summed E-state index contributed by atoms with van der Waals surface area (Å²) in [5, 5.41) is 25.3. The monoisotopic (exact) mass is 728 g/mol. The number of fused-ring (bicyclic) bond motifs is 5. The second-order valence-electron chi connectivity index (χ2n) is 19.9. The Morgan fingerprint density at radius 2 is 1.15 bits per heavy atom. The molecular weight excluding hydrogens is 639 g/mol. The lowest BCUT2D eigenvalue weighted by Crippen LogP contribution is -2.58. The van der Waals surface area contributed by atoms with Crippen molar-refractivity contribution in [3.63, 3.8) is 0 Å². The molecule has 11 atom stereocenters. The van der Waals surface area contributed by atoms with Crippen molar-refractivity contribution in [3.8, 4) is 0 Å². The minimum atomic E-state index is -0.256. The van der Waals surface area contributed by atoms with E-state index in [-0.39, 0.29) is 29.4 Å². The van der Waals surface area contributed by atoms with E-state index < -0.39 is 0 Å². The number of rotatable bonds is 26. The number of aliphatic hydroxyl groups is 2. The first-order chi connectivity index (χ1) is 25.1. The third-order valence-corrected chi connectivity index (χ3v) is 16.3. The van der Waals surface area contributed by atoms with Gasteiger partial charge in [-0.3, -0.25) is 4.79 Å². The maximum absolute atomic E-state index is 13.3. The van der Waals surface area contributed by atoms with Crippen LogP contribution < -0.4 is 5.32 Å². The molecule has 4 aliphatic rings. The van der Waals surface area contributed by atoms with Crippen LogP contribution in [0.15, 0.2) is 0 Å². The molecule has 4 heteroatoms. The van der Waals surface area contributed by atoms with E-state index in [1.165, 1.54) is 154 Å². The van der Waals surface area contributed by atoms with Crippen molar-refractivity contribution in [3.05, 3.63) is 0 Å². The lowest BCUT2D eigenvalue weighted by Gasteiger charge is -2.62. The molecule has 3 N–H and O–H groups in total. The van der Waals surface area contributed by atoms with Gasteiger partial charge in [0.2, 0.25) is 5.91 Å². The van der Waals surface area contributed by atoms with Gasteiger partial charge in [-0.1, -0.05) is 150 Å². The predicted molar refractivity (Wildman–Crippen MR) is 221 cm³/mol. The fraction of sp³-hybridized carbons (Fsp3) is 0.979. The van der Waals surface area contributed by atoms with Gasteiger partial charge in [-0.05, 0) is 123 Å². The van der Waals surface area contributed by atoms with Gasteiger partial charge in [0.15, 0.2) is 0 Å². The first-order valence-corrected chi connectivity index (χ1v) is 23.8. The molecule has 4 aliphatic carbocycles. The van der Waals surface area contributed by atoms with Crippen molar-refractivity contribution in [2.24, 2.45) is 52.3 Å². The van der Waals surface area contributed by atoms with Gasteiger partial charge in [-0.2, -0.15) is 0 Å². The van der Waals surface area contributed by atoms with Crippen LogP contribution in [0.4, 0.5) is 0 Å². The summed E-state index contributed by atoms with van der Waals surface area (Å²) in [5.41, 5.74) is 0.522. The number of nitrogens with one attached hydrogen (secondary N) is 1. The maximum atomic E-state index is 13.3. The molecule has 0 saturated heterocycles. The van der Waals surface area contributed by atoms with E-state index in [2.05, 4.69) is 39.9 Å². The van der Waals surface area contributed by atoms with Gasteiger partial charge < -0.3 is 15.5 Å². The van der Waals surface area contributed by atoms with Gasteiger partial charge in [-0.15, -0.1) is 0 Å². The van der Waals surface area contributed by atoms with Crippen LogP contribution in [0.3, 0.4) is 0 Å². The van der Waals surface area contributed by atoms with Crippen molar-refractivity contribution >= 4 is 5.91 Å². The second kappa shape index (κ2) is 22.8. The Bertz CT molecular complexity index is 985. The van der Waals surface area contributed by atoms with Gasteiger partial charge in [0.1, 0.15) is 0 Å². The Balaban J connectivity index is 1.19. The highest BCUT2D eigenvalue weighted by Gasteiger charge is 2.62. The first-order valence-electron chi connectivity index (χ1n) is 23.8.